The van der Waals surface area contributed by atoms with Crippen molar-refractivity contribution in [1.82, 2.24) is 0 Å². The molecule has 5 nitrogen and oxygen atoms in total. The van der Waals surface area contributed by atoms with Crippen molar-refractivity contribution in [1.29, 1.82) is 0 Å². The van der Waals surface area contributed by atoms with Gasteiger partial charge in [0.1, 0.15) is 24.4 Å². The number of hydrogen-bond acceptors (Lipinski definition) is 5. The highest BCUT2D eigenvalue weighted by Gasteiger charge is 2.67. The van der Waals surface area contributed by atoms with E-state index >= 15 is 0 Å². The van der Waals surface area contributed by atoms with Crippen LogP contribution in [-0.4, -0.2) is 46.7 Å². The number of carbonyl (C=O) groups excluding carboxylic acids is 1. The zero-order valence-electron chi connectivity index (χ0n) is 10.1. The van der Waals surface area contributed by atoms with Gasteiger partial charge in [-0.15, -0.1) is 0 Å². The molecule has 5 heteroatoms. The molecule has 98 valence electrons. The maximum absolute atomic E-state index is 11.3. The number of ether oxygens (including phenoxy) is 2. The van der Waals surface area contributed by atoms with Crippen molar-refractivity contribution >= 4 is 5.97 Å². The first-order chi connectivity index (χ1) is 8.08. The first-order valence-electron chi connectivity index (χ1n) is 6.29. The third kappa shape index (κ3) is 2.61. The minimum Gasteiger partial charge on any atom is -0.463 e. The quantitative estimate of drug-likeness (QED) is 0.521. The van der Waals surface area contributed by atoms with Crippen LogP contribution in [0.2, 0.25) is 0 Å². The van der Waals surface area contributed by atoms with Crippen LogP contribution in [0.25, 0.3) is 0 Å². The van der Waals surface area contributed by atoms with Crippen LogP contribution >= 0.6 is 0 Å². The standard InChI is InChI=1S/C12H20O5/c1-2-3-4-5-10(13)16-7-8-11(14)12(15)6-9(12)17-8/h8-9,11,14-15H,2-7H2,1H3/t8?,9?,11-,12+/m1/s1. The molecule has 1 aliphatic heterocycles. The second-order valence-electron chi connectivity index (χ2n) is 4.94. The summed E-state index contributed by atoms with van der Waals surface area (Å²) in [5, 5.41) is 19.4. The molecular formula is C12H20O5. The molecule has 0 bridgehead atoms. The van der Waals surface area contributed by atoms with Crippen LogP contribution in [0.3, 0.4) is 0 Å². The number of rotatable bonds is 6. The molecular weight excluding hydrogens is 224 g/mol. The van der Waals surface area contributed by atoms with Crippen LogP contribution in [0.1, 0.15) is 39.0 Å². The van der Waals surface area contributed by atoms with E-state index in [-0.39, 0.29) is 18.7 Å². The highest BCUT2D eigenvalue weighted by Crippen LogP contribution is 2.49. The normalized spacial score (nSPS) is 38.9. The maximum atomic E-state index is 11.3. The molecule has 0 amide bonds. The molecule has 2 rings (SSSR count). The van der Waals surface area contributed by atoms with Crippen molar-refractivity contribution in [2.75, 3.05) is 6.61 Å². The van der Waals surface area contributed by atoms with E-state index in [4.69, 9.17) is 9.47 Å². The third-order valence-corrected chi connectivity index (χ3v) is 3.51. The van der Waals surface area contributed by atoms with Gasteiger partial charge < -0.3 is 19.7 Å². The van der Waals surface area contributed by atoms with Gasteiger partial charge in [-0.25, -0.2) is 0 Å². The van der Waals surface area contributed by atoms with E-state index in [0.717, 1.165) is 19.3 Å². The molecule has 1 aliphatic carbocycles. The largest absolute Gasteiger partial charge is 0.463 e. The Morgan fingerprint density at radius 1 is 1.53 bits per heavy atom. The summed E-state index contributed by atoms with van der Waals surface area (Å²) in [7, 11) is 0. The molecule has 4 atom stereocenters. The fraction of sp³-hybridized carbons (Fsp3) is 0.917. The highest BCUT2D eigenvalue weighted by atomic mass is 16.6. The third-order valence-electron chi connectivity index (χ3n) is 3.51. The van der Waals surface area contributed by atoms with Crippen molar-refractivity contribution < 1.29 is 24.5 Å². The highest BCUT2D eigenvalue weighted by molar-refractivity contribution is 5.69. The SMILES string of the molecule is CCCCCC(=O)OCC1OC2C[C@@]2(O)[C@@H]1O. The number of aliphatic hydroxyl groups is 2. The molecule has 0 aromatic carbocycles. The molecule has 1 saturated carbocycles. The van der Waals surface area contributed by atoms with Crippen LogP contribution in [0.15, 0.2) is 0 Å². The zero-order chi connectivity index (χ0) is 12.5. The second-order valence-corrected chi connectivity index (χ2v) is 4.94. The average Bonchev–Trinajstić information content (AvgIpc) is 2.89. The minimum absolute atomic E-state index is 0.0327. The summed E-state index contributed by atoms with van der Waals surface area (Å²) in [5.41, 5.74) is -1.08. The van der Waals surface area contributed by atoms with E-state index in [2.05, 4.69) is 6.92 Å². The van der Waals surface area contributed by atoms with Crippen molar-refractivity contribution in [2.45, 2.75) is 62.9 Å². The van der Waals surface area contributed by atoms with Gasteiger partial charge in [0, 0.05) is 12.8 Å². The lowest BCUT2D eigenvalue weighted by molar-refractivity contribution is -0.150. The van der Waals surface area contributed by atoms with Crippen LogP contribution in [0.5, 0.6) is 0 Å². The maximum Gasteiger partial charge on any atom is 0.305 e. The molecule has 17 heavy (non-hydrogen) atoms. The Balaban J connectivity index is 1.64. The Kier molecular flexibility index (Phi) is 3.70. The van der Waals surface area contributed by atoms with E-state index in [1.807, 2.05) is 0 Å². The molecule has 2 N–H and O–H groups in total. The molecule has 0 aromatic heterocycles. The number of esters is 1. The number of fused-ring (bicyclic) bond motifs is 1. The minimum atomic E-state index is -1.08. The summed E-state index contributed by atoms with van der Waals surface area (Å²) in [6.07, 6.45) is 2.01. The molecule has 1 saturated heterocycles. The lowest BCUT2D eigenvalue weighted by atomic mass is 10.1. The lowest BCUT2D eigenvalue weighted by Gasteiger charge is -2.19. The Labute approximate surface area is 101 Å². The number of carbonyl (C=O) groups is 1. The van der Waals surface area contributed by atoms with Crippen LogP contribution in [-0.2, 0) is 14.3 Å². The Morgan fingerprint density at radius 3 is 2.88 bits per heavy atom. The van der Waals surface area contributed by atoms with Crippen LogP contribution in [0, 0.1) is 0 Å². The van der Waals surface area contributed by atoms with E-state index in [1.54, 1.807) is 0 Å². The molecule has 0 aromatic rings. The molecule has 0 radical (unpaired) electrons. The summed E-state index contributed by atoms with van der Waals surface area (Å²) in [5.74, 6) is -0.262. The monoisotopic (exact) mass is 244 g/mol. The smallest absolute Gasteiger partial charge is 0.305 e. The summed E-state index contributed by atoms with van der Waals surface area (Å²) in [6.45, 7) is 2.10. The predicted molar refractivity (Wildman–Crippen MR) is 59.3 cm³/mol. The fourth-order valence-electron chi connectivity index (χ4n) is 2.22. The predicted octanol–water partition coefficient (Wildman–Crippen LogP) is 0.373. The van der Waals surface area contributed by atoms with Gasteiger partial charge in [-0.3, -0.25) is 4.79 Å². The van der Waals surface area contributed by atoms with Gasteiger partial charge in [0.2, 0.25) is 0 Å². The van der Waals surface area contributed by atoms with Crippen LogP contribution in [0.4, 0.5) is 0 Å². The Bertz CT molecular complexity index is 293. The van der Waals surface area contributed by atoms with Gasteiger partial charge in [-0.1, -0.05) is 19.8 Å². The van der Waals surface area contributed by atoms with E-state index in [1.165, 1.54) is 0 Å². The average molecular weight is 244 g/mol. The van der Waals surface area contributed by atoms with E-state index < -0.39 is 17.8 Å². The molecule has 2 fully saturated rings. The van der Waals surface area contributed by atoms with E-state index in [9.17, 15) is 15.0 Å². The first kappa shape index (κ1) is 12.8. The Hall–Kier alpha value is -0.650. The number of hydrogen-bond donors (Lipinski definition) is 2. The van der Waals surface area contributed by atoms with E-state index in [0.29, 0.717) is 12.8 Å². The Morgan fingerprint density at radius 2 is 2.29 bits per heavy atom. The molecule has 2 aliphatic rings. The zero-order valence-corrected chi connectivity index (χ0v) is 10.1. The summed E-state index contributed by atoms with van der Waals surface area (Å²) >= 11 is 0. The molecule has 2 unspecified atom stereocenters. The van der Waals surface area contributed by atoms with Gasteiger partial charge in [-0.05, 0) is 6.42 Å². The van der Waals surface area contributed by atoms with Crippen molar-refractivity contribution in [3.63, 3.8) is 0 Å². The second kappa shape index (κ2) is 4.92. The van der Waals surface area contributed by atoms with Gasteiger partial charge in [0.05, 0.1) is 6.10 Å². The number of aliphatic hydroxyl groups excluding tert-OH is 1. The van der Waals surface area contributed by atoms with Crippen LogP contribution < -0.4 is 0 Å². The topological polar surface area (TPSA) is 76.0 Å². The van der Waals surface area contributed by atoms with Gasteiger partial charge in [0.25, 0.3) is 0 Å². The van der Waals surface area contributed by atoms with Crippen molar-refractivity contribution in [3.8, 4) is 0 Å². The van der Waals surface area contributed by atoms with Gasteiger partial charge in [0.15, 0.2) is 0 Å². The van der Waals surface area contributed by atoms with Gasteiger partial charge in [-0.2, -0.15) is 0 Å². The van der Waals surface area contributed by atoms with Crippen molar-refractivity contribution in [2.24, 2.45) is 0 Å². The molecule has 1 heterocycles. The first-order valence-corrected chi connectivity index (χ1v) is 6.29. The molecule has 0 spiro atoms. The number of unbranched alkanes of at least 4 members (excludes halogenated alkanes) is 2. The lowest BCUT2D eigenvalue weighted by Crippen LogP contribution is -2.38. The summed E-state index contributed by atoms with van der Waals surface area (Å²) in [6, 6.07) is 0. The van der Waals surface area contributed by atoms with Gasteiger partial charge >= 0.3 is 5.97 Å². The van der Waals surface area contributed by atoms with Crippen molar-refractivity contribution in [3.05, 3.63) is 0 Å². The fourth-order valence-corrected chi connectivity index (χ4v) is 2.22. The summed E-state index contributed by atoms with van der Waals surface area (Å²) < 4.78 is 10.4. The summed E-state index contributed by atoms with van der Waals surface area (Å²) in [4.78, 5) is 11.3.